The van der Waals surface area contributed by atoms with Crippen molar-refractivity contribution in [3.8, 4) is 0 Å². The van der Waals surface area contributed by atoms with Crippen molar-refractivity contribution in [3.63, 3.8) is 0 Å². The average molecular weight is 260 g/mol. The van der Waals surface area contributed by atoms with E-state index in [2.05, 4.69) is 0 Å². The third kappa shape index (κ3) is 3.42. The van der Waals surface area contributed by atoms with Crippen LogP contribution in [0.15, 0.2) is 30.3 Å². The van der Waals surface area contributed by atoms with Gasteiger partial charge in [0.25, 0.3) is 0 Å². The Morgan fingerprint density at radius 1 is 1.32 bits per heavy atom. The molecule has 0 aromatic heterocycles. The number of carbonyl (C=O) groups is 2. The van der Waals surface area contributed by atoms with Crippen LogP contribution in [0.25, 0.3) is 6.08 Å². The number of primary amides is 1. The van der Waals surface area contributed by atoms with Crippen LogP contribution in [0, 0.1) is 0 Å². The molecule has 1 atom stereocenters. The topological polar surface area (TPSA) is 83.6 Å². The Bertz CT molecular complexity index is 508. The Morgan fingerprint density at radius 3 is 2.53 bits per heavy atom. The fraction of sp³-hybridized carbons (Fsp3) is 0.286. The minimum absolute atomic E-state index is 0.115. The molecule has 1 fully saturated rings. The highest BCUT2D eigenvalue weighted by atomic mass is 16.3. The number of nitrogens with two attached hydrogens (primary N) is 1. The van der Waals surface area contributed by atoms with E-state index in [0.717, 1.165) is 5.56 Å². The van der Waals surface area contributed by atoms with Gasteiger partial charge in [-0.1, -0.05) is 12.1 Å². The second kappa shape index (κ2) is 5.67. The van der Waals surface area contributed by atoms with Gasteiger partial charge in [0.05, 0.1) is 6.10 Å². The second-order valence-electron chi connectivity index (χ2n) is 4.55. The smallest absolute Gasteiger partial charge is 0.248 e. The molecule has 100 valence electrons. The van der Waals surface area contributed by atoms with E-state index in [0.29, 0.717) is 25.1 Å². The van der Waals surface area contributed by atoms with E-state index < -0.39 is 12.0 Å². The number of carbonyl (C=O) groups excluding carboxylic acids is 2. The van der Waals surface area contributed by atoms with Crippen molar-refractivity contribution in [2.75, 3.05) is 13.1 Å². The van der Waals surface area contributed by atoms with Crippen LogP contribution in [0.4, 0.5) is 0 Å². The quantitative estimate of drug-likeness (QED) is 0.771. The molecule has 1 aliphatic rings. The van der Waals surface area contributed by atoms with Gasteiger partial charge in [-0.05, 0) is 30.2 Å². The number of β-amino-alcohol motifs (C(OH)–C–C–N with tert-alkyl or cyclic N) is 1. The third-order valence-electron chi connectivity index (χ3n) is 3.09. The summed E-state index contributed by atoms with van der Waals surface area (Å²) in [7, 11) is 0. The number of likely N-dealkylation sites (tertiary alicyclic amines) is 1. The van der Waals surface area contributed by atoms with Crippen LogP contribution in [0.3, 0.4) is 0 Å². The van der Waals surface area contributed by atoms with E-state index in [1.54, 1.807) is 35.2 Å². The molecule has 1 saturated heterocycles. The zero-order chi connectivity index (χ0) is 13.8. The molecule has 0 spiro atoms. The van der Waals surface area contributed by atoms with Crippen molar-refractivity contribution in [1.29, 1.82) is 0 Å². The number of hydrogen-bond donors (Lipinski definition) is 2. The molecule has 1 aromatic rings. The maximum atomic E-state index is 11.8. The number of aliphatic hydroxyl groups excluding tert-OH is 1. The summed E-state index contributed by atoms with van der Waals surface area (Å²) in [4.78, 5) is 24.3. The van der Waals surface area contributed by atoms with Crippen molar-refractivity contribution < 1.29 is 14.7 Å². The summed E-state index contributed by atoms with van der Waals surface area (Å²) in [5.74, 6) is -0.590. The van der Waals surface area contributed by atoms with E-state index in [4.69, 9.17) is 5.73 Å². The highest BCUT2D eigenvalue weighted by Gasteiger charge is 2.22. The van der Waals surface area contributed by atoms with E-state index in [1.165, 1.54) is 6.08 Å². The predicted molar refractivity (Wildman–Crippen MR) is 71.2 cm³/mol. The van der Waals surface area contributed by atoms with Crippen molar-refractivity contribution in [2.45, 2.75) is 12.5 Å². The molecule has 0 bridgehead atoms. The molecule has 1 aromatic carbocycles. The van der Waals surface area contributed by atoms with Gasteiger partial charge in [-0.3, -0.25) is 9.59 Å². The van der Waals surface area contributed by atoms with Gasteiger partial charge in [0.1, 0.15) is 0 Å². The molecule has 1 heterocycles. The van der Waals surface area contributed by atoms with Gasteiger partial charge in [-0.25, -0.2) is 0 Å². The summed E-state index contributed by atoms with van der Waals surface area (Å²) in [6, 6.07) is 6.68. The molecule has 19 heavy (non-hydrogen) atoms. The number of hydrogen-bond acceptors (Lipinski definition) is 3. The largest absolute Gasteiger partial charge is 0.391 e. The molecule has 3 N–H and O–H groups in total. The normalized spacial score (nSPS) is 19.0. The number of nitrogens with zero attached hydrogens (tertiary/aromatic N) is 1. The Kier molecular flexibility index (Phi) is 3.97. The monoisotopic (exact) mass is 260 g/mol. The summed E-state index contributed by atoms with van der Waals surface area (Å²) in [6.45, 7) is 0.981. The van der Waals surface area contributed by atoms with Crippen LogP contribution < -0.4 is 5.73 Å². The van der Waals surface area contributed by atoms with Gasteiger partial charge in [-0.2, -0.15) is 0 Å². The maximum absolute atomic E-state index is 11.8. The molecule has 2 amide bonds. The first-order chi connectivity index (χ1) is 9.06. The molecule has 0 radical (unpaired) electrons. The van der Waals surface area contributed by atoms with Crippen molar-refractivity contribution >= 4 is 17.9 Å². The number of benzene rings is 1. The summed E-state index contributed by atoms with van der Waals surface area (Å²) in [5.41, 5.74) is 6.39. The van der Waals surface area contributed by atoms with Gasteiger partial charge in [0.15, 0.2) is 0 Å². The first-order valence-corrected chi connectivity index (χ1v) is 6.11. The third-order valence-corrected chi connectivity index (χ3v) is 3.09. The Hall–Kier alpha value is -2.14. The van der Waals surface area contributed by atoms with Crippen LogP contribution >= 0.6 is 0 Å². The average Bonchev–Trinajstić information content (AvgIpc) is 2.83. The zero-order valence-electron chi connectivity index (χ0n) is 10.5. The SMILES string of the molecule is NC(=O)c1ccc(C=CC(=O)N2CC[C@@H](O)C2)cc1. The van der Waals surface area contributed by atoms with Gasteiger partial charge in [-0.15, -0.1) is 0 Å². The van der Waals surface area contributed by atoms with Gasteiger partial charge in [0, 0.05) is 24.7 Å². The summed E-state index contributed by atoms with van der Waals surface area (Å²) >= 11 is 0. The molecule has 1 aliphatic heterocycles. The molecular formula is C14H16N2O3. The second-order valence-corrected chi connectivity index (χ2v) is 4.55. The molecular weight excluding hydrogens is 244 g/mol. The maximum Gasteiger partial charge on any atom is 0.248 e. The lowest BCUT2D eigenvalue weighted by molar-refractivity contribution is -0.125. The Labute approximate surface area is 111 Å². The van der Waals surface area contributed by atoms with Crippen LogP contribution in [0.2, 0.25) is 0 Å². The number of aliphatic hydroxyl groups is 1. The standard InChI is InChI=1S/C14H16N2O3/c15-14(19)11-4-1-10(2-5-11)3-6-13(18)16-8-7-12(17)9-16/h1-6,12,17H,7-9H2,(H2,15,19)/t12-/m1/s1. The fourth-order valence-corrected chi connectivity index (χ4v) is 1.97. The first-order valence-electron chi connectivity index (χ1n) is 6.11. The molecule has 0 aliphatic carbocycles. The Balaban J connectivity index is 1.98. The van der Waals surface area contributed by atoms with Crippen molar-refractivity contribution in [3.05, 3.63) is 41.5 Å². The Morgan fingerprint density at radius 2 is 2.00 bits per heavy atom. The van der Waals surface area contributed by atoms with Crippen LogP contribution in [0.5, 0.6) is 0 Å². The van der Waals surface area contributed by atoms with Crippen LogP contribution in [-0.2, 0) is 4.79 Å². The lowest BCUT2D eigenvalue weighted by Crippen LogP contribution is -2.27. The van der Waals surface area contributed by atoms with Crippen LogP contribution in [0.1, 0.15) is 22.3 Å². The summed E-state index contributed by atoms with van der Waals surface area (Å²) in [6.07, 6.45) is 3.37. The van der Waals surface area contributed by atoms with Crippen LogP contribution in [-0.4, -0.2) is 41.0 Å². The lowest BCUT2D eigenvalue weighted by Gasteiger charge is -2.12. The van der Waals surface area contributed by atoms with Crippen molar-refractivity contribution in [2.24, 2.45) is 5.73 Å². The fourth-order valence-electron chi connectivity index (χ4n) is 1.97. The first kappa shape index (κ1) is 13.3. The van der Waals surface area contributed by atoms with Gasteiger partial charge < -0.3 is 15.7 Å². The highest BCUT2D eigenvalue weighted by Crippen LogP contribution is 2.10. The van der Waals surface area contributed by atoms with E-state index in [1.807, 2.05) is 0 Å². The molecule has 5 nitrogen and oxygen atoms in total. The summed E-state index contributed by atoms with van der Waals surface area (Å²) in [5, 5.41) is 9.35. The van der Waals surface area contributed by atoms with E-state index in [-0.39, 0.29) is 5.91 Å². The number of amides is 2. The van der Waals surface area contributed by atoms with Crippen molar-refractivity contribution in [1.82, 2.24) is 4.90 Å². The summed E-state index contributed by atoms with van der Waals surface area (Å²) < 4.78 is 0. The highest BCUT2D eigenvalue weighted by molar-refractivity contribution is 5.94. The predicted octanol–water partition coefficient (Wildman–Crippen LogP) is 0.392. The zero-order valence-corrected chi connectivity index (χ0v) is 10.5. The minimum atomic E-state index is -0.474. The van der Waals surface area contributed by atoms with E-state index >= 15 is 0 Å². The van der Waals surface area contributed by atoms with Gasteiger partial charge >= 0.3 is 0 Å². The minimum Gasteiger partial charge on any atom is -0.391 e. The molecule has 2 rings (SSSR count). The van der Waals surface area contributed by atoms with E-state index in [9.17, 15) is 14.7 Å². The lowest BCUT2D eigenvalue weighted by atomic mass is 10.1. The molecule has 0 saturated carbocycles. The molecule has 0 unspecified atom stereocenters. The van der Waals surface area contributed by atoms with Gasteiger partial charge in [0.2, 0.25) is 11.8 Å². The molecule has 5 heteroatoms. The number of rotatable bonds is 3.